The first-order valence-electron chi connectivity index (χ1n) is 12.1. The summed E-state index contributed by atoms with van der Waals surface area (Å²) in [6.07, 6.45) is 12.6. The number of rotatable bonds is 6. The molecule has 1 unspecified atom stereocenters. The van der Waals surface area contributed by atoms with E-state index in [1.807, 2.05) is 13.8 Å². The molecule has 6 atom stereocenters. The lowest BCUT2D eigenvalue weighted by Gasteiger charge is -2.44. The van der Waals surface area contributed by atoms with Crippen molar-refractivity contribution in [2.45, 2.75) is 110 Å². The summed E-state index contributed by atoms with van der Waals surface area (Å²) in [5, 5.41) is 20.0. The fourth-order valence-electron chi connectivity index (χ4n) is 6.71. The lowest BCUT2D eigenvalue weighted by molar-refractivity contribution is 0.0596. The second kappa shape index (κ2) is 9.28. The van der Waals surface area contributed by atoms with Crippen molar-refractivity contribution in [1.82, 2.24) is 0 Å². The van der Waals surface area contributed by atoms with Crippen molar-refractivity contribution >= 4 is 0 Å². The second-order valence-electron chi connectivity index (χ2n) is 11.3. The van der Waals surface area contributed by atoms with E-state index < -0.39 is 17.9 Å². The van der Waals surface area contributed by atoms with Gasteiger partial charge in [0.15, 0.2) is 0 Å². The lowest BCUT2D eigenvalue weighted by atomic mass is 9.60. The Bertz CT molecular complexity index is 685. The van der Waals surface area contributed by atoms with Gasteiger partial charge in [0.25, 0.3) is 0 Å². The molecule has 0 radical (unpaired) electrons. The summed E-state index contributed by atoms with van der Waals surface area (Å²) in [7, 11) is 0. The molecule has 3 aliphatic carbocycles. The van der Waals surface area contributed by atoms with E-state index in [4.69, 9.17) is 0 Å². The SMILES string of the molecule is C=C1C(=CC=C2CCC[C@@]3(C)C2CC[C@@H]3[C@H](C)CCCC(C)(C)O)C[C@@H](O)C[C@@H]1F. The molecule has 2 nitrogen and oxygen atoms in total. The molecule has 30 heavy (non-hydrogen) atoms. The normalized spacial score (nSPS) is 38.8. The third-order valence-corrected chi connectivity index (χ3v) is 8.40. The smallest absolute Gasteiger partial charge is 0.127 e. The van der Waals surface area contributed by atoms with E-state index in [2.05, 4.69) is 32.6 Å². The topological polar surface area (TPSA) is 40.5 Å². The summed E-state index contributed by atoms with van der Waals surface area (Å²) in [6.45, 7) is 12.7. The van der Waals surface area contributed by atoms with Gasteiger partial charge < -0.3 is 10.2 Å². The molecule has 3 aliphatic rings. The molecule has 0 aliphatic heterocycles. The Hall–Kier alpha value is -0.930. The van der Waals surface area contributed by atoms with Gasteiger partial charge in [0.1, 0.15) is 6.17 Å². The minimum atomic E-state index is -1.12. The Kier molecular flexibility index (Phi) is 7.34. The zero-order valence-corrected chi connectivity index (χ0v) is 19.6. The molecule has 3 rings (SSSR count). The Labute approximate surface area is 183 Å². The number of fused-ring (bicyclic) bond motifs is 1. The number of hydrogen-bond acceptors (Lipinski definition) is 2. The van der Waals surface area contributed by atoms with Gasteiger partial charge in [0, 0.05) is 6.42 Å². The third kappa shape index (κ3) is 5.27. The predicted molar refractivity (Wildman–Crippen MR) is 123 cm³/mol. The number of aliphatic hydroxyl groups excluding tert-OH is 1. The second-order valence-corrected chi connectivity index (χ2v) is 11.3. The fourth-order valence-corrected chi connectivity index (χ4v) is 6.71. The van der Waals surface area contributed by atoms with E-state index in [1.165, 1.54) is 37.7 Å². The van der Waals surface area contributed by atoms with E-state index >= 15 is 0 Å². The Morgan fingerprint density at radius 3 is 2.73 bits per heavy atom. The first kappa shape index (κ1) is 23.7. The fraction of sp³-hybridized carbons (Fsp3) is 0.778. The zero-order valence-electron chi connectivity index (χ0n) is 19.6. The van der Waals surface area contributed by atoms with Crippen LogP contribution in [0.1, 0.15) is 91.9 Å². The minimum absolute atomic E-state index is 0.181. The van der Waals surface area contributed by atoms with Gasteiger partial charge in [-0.2, -0.15) is 0 Å². The van der Waals surface area contributed by atoms with Crippen LogP contribution in [0.3, 0.4) is 0 Å². The van der Waals surface area contributed by atoms with Crippen LogP contribution in [-0.4, -0.2) is 28.1 Å². The van der Waals surface area contributed by atoms with E-state index in [-0.39, 0.29) is 6.42 Å². The molecule has 3 fully saturated rings. The predicted octanol–water partition coefficient (Wildman–Crippen LogP) is 6.68. The van der Waals surface area contributed by atoms with Crippen molar-refractivity contribution in [2.24, 2.45) is 23.2 Å². The van der Waals surface area contributed by atoms with Gasteiger partial charge in [0.2, 0.25) is 0 Å². The molecular weight excluding hydrogens is 375 g/mol. The van der Waals surface area contributed by atoms with Crippen molar-refractivity contribution in [3.8, 4) is 0 Å². The van der Waals surface area contributed by atoms with Crippen molar-refractivity contribution in [3.05, 3.63) is 35.5 Å². The van der Waals surface area contributed by atoms with Crippen LogP contribution in [0.25, 0.3) is 0 Å². The molecule has 0 bridgehead atoms. The molecule has 3 saturated carbocycles. The molecule has 170 valence electrons. The van der Waals surface area contributed by atoms with Crippen LogP contribution in [-0.2, 0) is 0 Å². The monoisotopic (exact) mass is 418 g/mol. The Morgan fingerprint density at radius 1 is 1.30 bits per heavy atom. The van der Waals surface area contributed by atoms with Gasteiger partial charge in [-0.1, -0.05) is 51.0 Å². The van der Waals surface area contributed by atoms with E-state index in [1.54, 1.807) is 0 Å². The lowest BCUT2D eigenvalue weighted by Crippen LogP contribution is -2.36. The highest BCUT2D eigenvalue weighted by Gasteiger charge is 2.50. The van der Waals surface area contributed by atoms with Gasteiger partial charge in [0.05, 0.1) is 11.7 Å². The van der Waals surface area contributed by atoms with E-state index in [0.29, 0.717) is 29.2 Å². The van der Waals surface area contributed by atoms with Gasteiger partial charge in [-0.15, -0.1) is 0 Å². The minimum Gasteiger partial charge on any atom is -0.393 e. The summed E-state index contributed by atoms with van der Waals surface area (Å²) >= 11 is 0. The number of halogens is 1. The average molecular weight is 419 g/mol. The largest absolute Gasteiger partial charge is 0.393 e. The molecular formula is C27H43FO2. The maximum atomic E-state index is 14.1. The van der Waals surface area contributed by atoms with Crippen molar-refractivity contribution < 1.29 is 14.6 Å². The molecule has 0 heterocycles. The highest BCUT2D eigenvalue weighted by atomic mass is 19.1. The van der Waals surface area contributed by atoms with Crippen LogP contribution in [0.5, 0.6) is 0 Å². The van der Waals surface area contributed by atoms with Gasteiger partial charge in [-0.3, -0.25) is 0 Å². The number of hydrogen-bond donors (Lipinski definition) is 2. The highest BCUT2D eigenvalue weighted by Crippen LogP contribution is 2.60. The number of aliphatic hydroxyl groups is 2. The molecule has 0 aromatic carbocycles. The quantitative estimate of drug-likeness (QED) is 0.505. The maximum Gasteiger partial charge on any atom is 0.127 e. The molecule has 2 N–H and O–H groups in total. The molecule has 0 amide bonds. The van der Waals surface area contributed by atoms with Gasteiger partial charge in [-0.25, -0.2) is 4.39 Å². The first-order chi connectivity index (χ1) is 14.0. The summed E-state index contributed by atoms with van der Waals surface area (Å²) in [5.41, 5.74) is 2.75. The van der Waals surface area contributed by atoms with Crippen molar-refractivity contribution in [2.75, 3.05) is 0 Å². The standard InChI is InChI=1S/C27H43FO2/c1-18(8-6-14-26(3,4)30)23-12-13-24-20(9-7-15-27(23,24)5)10-11-21-16-22(29)17-25(28)19(21)2/h10-11,18,22-25,29-30H,2,6-9,12-17H2,1,3-5H3/t18-,22-,23-,24?,25+,27-/m1/s1. The van der Waals surface area contributed by atoms with Crippen LogP contribution in [0.15, 0.2) is 35.5 Å². The van der Waals surface area contributed by atoms with Crippen LogP contribution in [0.4, 0.5) is 4.39 Å². The molecule has 0 aromatic rings. The third-order valence-electron chi connectivity index (χ3n) is 8.40. The summed E-state index contributed by atoms with van der Waals surface area (Å²) < 4.78 is 14.1. The molecule has 3 heteroatoms. The summed E-state index contributed by atoms with van der Waals surface area (Å²) in [4.78, 5) is 0. The van der Waals surface area contributed by atoms with Gasteiger partial charge in [-0.05, 0) is 93.1 Å². The summed E-state index contributed by atoms with van der Waals surface area (Å²) in [5.74, 6) is 2.04. The highest BCUT2D eigenvalue weighted by molar-refractivity contribution is 5.38. The van der Waals surface area contributed by atoms with Crippen LogP contribution in [0, 0.1) is 23.2 Å². The maximum absolute atomic E-state index is 14.1. The van der Waals surface area contributed by atoms with Crippen LogP contribution in [0.2, 0.25) is 0 Å². The Balaban J connectivity index is 1.70. The van der Waals surface area contributed by atoms with Gasteiger partial charge >= 0.3 is 0 Å². The molecule has 0 saturated heterocycles. The van der Waals surface area contributed by atoms with E-state index in [9.17, 15) is 14.6 Å². The molecule has 0 spiro atoms. The summed E-state index contributed by atoms with van der Waals surface area (Å²) in [6, 6.07) is 0. The zero-order chi connectivity index (χ0) is 22.1. The number of alkyl halides is 1. The number of allylic oxidation sites excluding steroid dienone is 4. The van der Waals surface area contributed by atoms with E-state index in [0.717, 1.165) is 30.8 Å². The average Bonchev–Trinajstić information content (AvgIpc) is 3.00. The Morgan fingerprint density at radius 2 is 2.03 bits per heavy atom. The molecule has 0 aromatic heterocycles. The van der Waals surface area contributed by atoms with Crippen LogP contribution < -0.4 is 0 Å². The van der Waals surface area contributed by atoms with Crippen molar-refractivity contribution in [1.29, 1.82) is 0 Å². The van der Waals surface area contributed by atoms with Crippen molar-refractivity contribution in [3.63, 3.8) is 0 Å². The first-order valence-corrected chi connectivity index (χ1v) is 12.1. The van der Waals surface area contributed by atoms with Crippen LogP contribution >= 0.6 is 0 Å².